The van der Waals surface area contributed by atoms with Gasteiger partial charge < -0.3 is 15.2 Å². The van der Waals surface area contributed by atoms with Crippen LogP contribution < -0.4 is 10.1 Å². The third-order valence-electron chi connectivity index (χ3n) is 3.34. The minimum absolute atomic E-state index is 0.145. The Kier molecular flexibility index (Phi) is 4.81. The van der Waals surface area contributed by atoms with E-state index in [1.54, 1.807) is 12.1 Å². The number of aliphatic hydroxyl groups is 1. The second kappa shape index (κ2) is 6.59. The van der Waals surface area contributed by atoms with Crippen LogP contribution in [-0.4, -0.2) is 18.3 Å². The normalized spacial score (nSPS) is 13.5. The molecule has 0 aliphatic carbocycles. The van der Waals surface area contributed by atoms with Crippen LogP contribution in [0.5, 0.6) is 5.75 Å². The number of benzene rings is 2. The summed E-state index contributed by atoms with van der Waals surface area (Å²) in [6, 6.07) is 13.7. The third-order valence-corrected chi connectivity index (χ3v) is 3.34. The number of halogens is 1. The molecule has 0 spiro atoms. The molecule has 0 aliphatic heterocycles. The van der Waals surface area contributed by atoms with E-state index in [1.165, 1.54) is 12.1 Å². The lowest BCUT2D eigenvalue weighted by Crippen LogP contribution is -2.36. The molecular weight excluding hydrogens is 269 g/mol. The Hall–Kier alpha value is -2.07. The maximum atomic E-state index is 13.3. The first-order chi connectivity index (χ1) is 10.1. The number of hydrogen-bond donors (Lipinski definition) is 2. The molecule has 0 bridgehead atoms. The zero-order valence-electron chi connectivity index (χ0n) is 12.3. The molecule has 2 rings (SSSR count). The first-order valence-corrected chi connectivity index (χ1v) is 6.96. The lowest BCUT2D eigenvalue weighted by molar-refractivity contribution is 0.218. The zero-order chi connectivity index (χ0) is 15.3. The molecule has 0 aromatic heterocycles. The van der Waals surface area contributed by atoms with Gasteiger partial charge in [0.2, 0.25) is 0 Å². The number of nitrogens with one attached hydrogen (secondary N) is 1. The lowest BCUT2D eigenvalue weighted by Gasteiger charge is -2.32. The minimum Gasteiger partial charge on any atom is -0.494 e. The van der Waals surface area contributed by atoms with Gasteiger partial charge in [-0.05, 0) is 38.1 Å². The highest BCUT2D eigenvalue weighted by Gasteiger charge is 2.29. The maximum absolute atomic E-state index is 13.3. The summed E-state index contributed by atoms with van der Waals surface area (Å²) in [5, 5.41) is 13.0. The zero-order valence-corrected chi connectivity index (χ0v) is 12.3. The van der Waals surface area contributed by atoms with Crippen molar-refractivity contribution >= 4 is 5.69 Å². The minimum atomic E-state index is -0.764. The van der Waals surface area contributed by atoms with Gasteiger partial charge in [0, 0.05) is 11.3 Å². The number of para-hydroxylation sites is 1. The van der Waals surface area contributed by atoms with Crippen molar-refractivity contribution in [2.45, 2.75) is 19.4 Å². The topological polar surface area (TPSA) is 41.5 Å². The van der Waals surface area contributed by atoms with Crippen LogP contribution in [0.3, 0.4) is 0 Å². The van der Waals surface area contributed by atoms with Gasteiger partial charge in [0.25, 0.3) is 0 Å². The molecular formula is C17H20FNO2. The van der Waals surface area contributed by atoms with Crippen LogP contribution in [0.1, 0.15) is 19.4 Å². The van der Waals surface area contributed by atoms with E-state index in [0.29, 0.717) is 18.0 Å². The fourth-order valence-electron chi connectivity index (χ4n) is 2.28. The summed E-state index contributed by atoms with van der Waals surface area (Å²) >= 11 is 0. The van der Waals surface area contributed by atoms with E-state index in [0.717, 1.165) is 5.56 Å². The van der Waals surface area contributed by atoms with Crippen LogP contribution >= 0.6 is 0 Å². The summed E-state index contributed by atoms with van der Waals surface area (Å²) in [7, 11) is 0. The molecule has 1 atom stereocenters. The van der Waals surface area contributed by atoms with Gasteiger partial charge in [0.05, 0.1) is 18.8 Å². The Morgan fingerprint density at radius 1 is 1.19 bits per heavy atom. The van der Waals surface area contributed by atoms with Gasteiger partial charge in [-0.15, -0.1) is 0 Å². The Balaban J connectivity index is 2.37. The van der Waals surface area contributed by atoms with E-state index >= 15 is 0 Å². The fraction of sp³-hybridized carbons (Fsp3) is 0.294. The molecule has 1 unspecified atom stereocenters. The Bertz CT molecular complexity index is 603. The second-order valence-corrected chi connectivity index (χ2v) is 5.05. The molecule has 0 amide bonds. The van der Waals surface area contributed by atoms with Gasteiger partial charge >= 0.3 is 0 Å². The van der Waals surface area contributed by atoms with E-state index in [4.69, 9.17) is 4.74 Å². The SMILES string of the molecule is CCOc1ccccc1C(C)(CO)Nc1cccc(F)c1. The summed E-state index contributed by atoms with van der Waals surface area (Å²) in [6.07, 6.45) is 0. The summed E-state index contributed by atoms with van der Waals surface area (Å²) in [6.45, 7) is 4.16. The van der Waals surface area contributed by atoms with E-state index in [-0.39, 0.29) is 12.4 Å². The van der Waals surface area contributed by atoms with Gasteiger partial charge in [-0.2, -0.15) is 0 Å². The smallest absolute Gasteiger partial charge is 0.125 e. The van der Waals surface area contributed by atoms with Crippen LogP contribution in [0, 0.1) is 5.82 Å². The summed E-state index contributed by atoms with van der Waals surface area (Å²) < 4.78 is 18.9. The third kappa shape index (κ3) is 3.52. The van der Waals surface area contributed by atoms with Crippen LogP contribution in [0.2, 0.25) is 0 Å². The number of aliphatic hydroxyl groups excluding tert-OH is 1. The number of hydrogen-bond acceptors (Lipinski definition) is 3. The molecule has 2 aromatic carbocycles. The van der Waals surface area contributed by atoms with Crippen molar-refractivity contribution < 1.29 is 14.2 Å². The van der Waals surface area contributed by atoms with E-state index in [9.17, 15) is 9.50 Å². The van der Waals surface area contributed by atoms with Gasteiger partial charge in [-0.1, -0.05) is 24.3 Å². The van der Waals surface area contributed by atoms with E-state index in [1.807, 2.05) is 38.1 Å². The van der Waals surface area contributed by atoms with Crippen molar-refractivity contribution in [3.8, 4) is 5.75 Å². The predicted molar refractivity (Wildman–Crippen MR) is 82.1 cm³/mol. The molecule has 21 heavy (non-hydrogen) atoms. The van der Waals surface area contributed by atoms with Crippen molar-refractivity contribution in [2.24, 2.45) is 0 Å². The Morgan fingerprint density at radius 3 is 2.62 bits per heavy atom. The first kappa shape index (κ1) is 15.3. The van der Waals surface area contributed by atoms with Crippen molar-refractivity contribution in [1.29, 1.82) is 0 Å². The second-order valence-electron chi connectivity index (χ2n) is 5.05. The molecule has 2 N–H and O–H groups in total. The molecule has 0 saturated carbocycles. The summed E-state index contributed by atoms with van der Waals surface area (Å²) in [5.74, 6) is 0.388. The van der Waals surface area contributed by atoms with E-state index < -0.39 is 5.54 Å². The molecule has 3 nitrogen and oxygen atoms in total. The molecule has 2 aromatic rings. The van der Waals surface area contributed by atoms with Crippen molar-refractivity contribution in [1.82, 2.24) is 0 Å². The van der Waals surface area contributed by atoms with Crippen molar-refractivity contribution in [2.75, 3.05) is 18.5 Å². The maximum Gasteiger partial charge on any atom is 0.125 e. The highest BCUT2D eigenvalue weighted by molar-refractivity contribution is 5.51. The van der Waals surface area contributed by atoms with Gasteiger partial charge in [0.15, 0.2) is 0 Å². The monoisotopic (exact) mass is 289 g/mol. The quantitative estimate of drug-likeness (QED) is 0.854. The van der Waals surface area contributed by atoms with Gasteiger partial charge in [-0.3, -0.25) is 0 Å². The van der Waals surface area contributed by atoms with Crippen LogP contribution in [0.25, 0.3) is 0 Å². The van der Waals surface area contributed by atoms with Gasteiger partial charge in [-0.25, -0.2) is 4.39 Å². The van der Waals surface area contributed by atoms with Crippen LogP contribution in [0.4, 0.5) is 10.1 Å². The molecule has 0 radical (unpaired) electrons. The molecule has 0 fully saturated rings. The van der Waals surface area contributed by atoms with Crippen LogP contribution in [-0.2, 0) is 5.54 Å². The fourth-order valence-corrected chi connectivity index (χ4v) is 2.28. The van der Waals surface area contributed by atoms with Gasteiger partial charge in [0.1, 0.15) is 11.6 Å². The molecule has 0 saturated heterocycles. The summed E-state index contributed by atoms with van der Waals surface area (Å²) in [5.41, 5.74) is 0.677. The lowest BCUT2D eigenvalue weighted by atomic mass is 9.91. The molecule has 4 heteroatoms. The average molecular weight is 289 g/mol. The average Bonchev–Trinajstić information content (AvgIpc) is 2.48. The Labute approximate surface area is 124 Å². The number of anilines is 1. The standard InChI is InChI=1S/C17H20FNO2/c1-3-21-16-10-5-4-9-15(16)17(2,12-20)19-14-8-6-7-13(18)11-14/h4-11,19-20H,3,12H2,1-2H3. The Morgan fingerprint density at radius 2 is 1.95 bits per heavy atom. The van der Waals surface area contributed by atoms with Crippen LogP contribution in [0.15, 0.2) is 48.5 Å². The highest BCUT2D eigenvalue weighted by Crippen LogP contribution is 2.32. The first-order valence-electron chi connectivity index (χ1n) is 6.96. The summed E-state index contributed by atoms with van der Waals surface area (Å²) in [4.78, 5) is 0. The van der Waals surface area contributed by atoms with Crippen molar-refractivity contribution in [3.05, 3.63) is 59.9 Å². The largest absolute Gasteiger partial charge is 0.494 e. The number of ether oxygens (including phenoxy) is 1. The molecule has 0 aliphatic rings. The predicted octanol–water partition coefficient (Wildman–Crippen LogP) is 3.54. The molecule has 112 valence electrons. The number of rotatable bonds is 6. The highest BCUT2D eigenvalue weighted by atomic mass is 19.1. The van der Waals surface area contributed by atoms with Crippen molar-refractivity contribution in [3.63, 3.8) is 0 Å². The molecule has 0 heterocycles. The van der Waals surface area contributed by atoms with E-state index in [2.05, 4.69) is 5.32 Å².